The number of nitrogens with one attached hydrogen (secondary N) is 3. The highest BCUT2D eigenvalue weighted by atomic mass is 32.1. The number of thiazole rings is 1. The maximum absolute atomic E-state index is 12.3. The molecule has 0 saturated heterocycles. The van der Waals surface area contributed by atoms with Crippen molar-refractivity contribution in [1.82, 2.24) is 30.4 Å². The summed E-state index contributed by atoms with van der Waals surface area (Å²) in [5.74, 6) is 0.776. The zero-order valence-corrected chi connectivity index (χ0v) is 16.1. The average Bonchev–Trinajstić information content (AvgIpc) is 3.45. The van der Waals surface area contributed by atoms with Gasteiger partial charge in [0.25, 0.3) is 0 Å². The van der Waals surface area contributed by atoms with Crippen molar-refractivity contribution in [2.75, 3.05) is 7.05 Å². The Morgan fingerprint density at radius 2 is 2.29 bits per heavy atom. The summed E-state index contributed by atoms with van der Waals surface area (Å²) in [4.78, 5) is 21.4. The van der Waals surface area contributed by atoms with Gasteiger partial charge in [-0.2, -0.15) is 5.10 Å². The van der Waals surface area contributed by atoms with Crippen LogP contribution < -0.4 is 10.1 Å². The molecule has 3 heterocycles. The van der Waals surface area contributed by atoms with E-state index < -0.39 is 0 Å². The molecule has 0 aliphatic heterocycles. The van der Waals surface area contributed by atoms with Gasteiger partial charge in [-0.15, -0.1) is 11.3 Å². The summed E-state index contributed by atoms with van der Waals surface area (Å²) in [6.07, 6.45) is 3.48. The second-order valence-corrected chi connectivity index (χ2v) is 7.15. The van der Waals surface area contributed by atoms with Crippen molar-refractivity contribution in [2.24, 2.45) is 0 Å². The van der Waals surface area contributed by atoms with Crippen molar-refractivity contribution in [2.45, 2.75) is 19.7 Å². The molecule has 0 atom stereocenters. The summed E-state index contributed by atoms with van der Waals surface area (Å²) in [6.45, 7) is 1.36. The molecular weight excluding hydrogens is 376 g/mol. The van der Waals surface area contributed by atoms with Gasteiger partial charge < -0.3 is 19.9 Å². The summed E-state index contributed by atoms with van der Waals surface area (Å²) < 4.78 is 5.79. The van der Waals surface area contributed by atoms with Crippen LogP contribution in [-0.4, -0.2) is 38.1 Å². The number of carbonyl (C=O) groups is 1. The lowest BCUT2D eigenvalue weighted by atomic mass is 10.2. The second-order valence-electron chi connectivity index (χ2n) is 6.43. The van der Waals surface area contributed by atoms with Crippen molar-refractivity contribution >= 4 is 28.3 Å². The Bertz CT molecular complexity index is 1040. The Morgan fingerprint density at radius 3 is 3.07 bits per heavy atom. The average molecular weight is 396 g/mol. The SMILES string of the molecule is CN(Cc1cn[nH]c1)C(=O)NCc1cc2ccc(OCc3cscn3)cc2[nH]1. The van der Waals surface area contributed by atoms with Crippen molar-refractivity contribution < 1.29 is 9.53 Å². The molecule has 4 rings (SSSR count). The molecule has 2 amide bonds. The number of rotatable bonds is 7. The highest BCUT2D eigenvalue weighted by molar-refractivity contribution is 7.07. The maximum Gasteiger partial charge on any atom is 0.317 e. The third-order valence-electron chi connectivity index (χ3n) is 4.27. The van der Waals surface area contributed by atoms with Gasteiger partial charge in [0.1, 0.15) is 12.4 Å². The minimum Gasteiger partial charge on any atom is -0.487 e. The molecule has 0 unspecified atom stereocenters. The fourth-order valence-electron chi connectivity index (χ4n) is 2.83. The molecule has 28 heavy (non-hydrogen) atoms. The van der Waals surface area contributed by atoms with Gasteiger partial charge in [-0.25, -0.2) is 9.78 Å². The van der Waals surface area contributed by atoms with E-state index in [1.165, 1.54) is 0 Å². The predicted molar refractivity (Wildman–Crippen MR) is 107 cm³/mol. The van der Waals surface area contributed by atoms with Crippen molar-refractivity contribution in [1.29, 1.82) is 0 Å². The standard InChI is InChI=1S/C19H20N6O2S/c1-25(9-13-6-22-23-7-13)19(26)20-8-15-4-14-2-3-17(5-18(14)24-15)27-10-16-11-28-12-21-16/h2-7,11-12,24H,8-10H2,1H3,(H,20,26)(H,22,23). The molecule has 144 valence electrons. The molecule has 1 aromatic carbocycles. The number of urea groups is 1. The molecule has 0 fully saturated rings. The molecule has 0 bridgehead atoms. The Hall–Kier alpha value is -3.33. The minimum atomic E-state index is -0.146. The van der Waals surface area contributed by atoms with Gasteiger partial charge in [0, 0.05) is 41.5 Å². The summed E-state index contributed by atoms with van der Waals surface area (Å²) in [5, 5.41) is 12.6. The van der Waals surface area contributed by atoms with Crippen LogP contribution in [-0.2, 0) is 19.7 Å². The van der Waals surface area contributed by atoms with Gasteiger partial charge in [0.2, 0.25) is 0 Å². The van der Waals surface area contributed by atoms with Gasteiger partial charge in [-0.3, -0.25) is 5.10 Å². The number of carbonyl (C=O) groups excluding carboxylic acids is 1. The van der Waals surface area contributed by atoms with E-state index in [0.717, 1.165) is 33.6 Å². The second kappa shape index (κ2) is 8.13. The highest BCUT2D eigenvalue weighted by Crippen LogP contribution is 2.22. The first-order chi connectivity index (χ1) is 13.7. The van der Waals surface area contributed by atoms with E-state index in [9.17, 15) is 4.79 Å². The van der Waals surface area contributed by atoms with E-state index in [-0.39, 0.29) is 6.03 Å². The number of nitrogens with zero attached hydrogens (tertiary/aromatic N) is 3. The Kier molecular flexibility index (Phi) is 5.24. The van der Waals surface area contributed by atoms with E-state index in [1.807, 2.05) is 29.6 Å². The third kappa shape index (κ3) is 4.32. The van der Waals surface area contributed by atoms with Gasteiger partial charge in [-0.1, -0.05) is 0 Å². The molecule has 0 radical (unpaired) electrons. The maximum atomic E-state index is 12.3. The number of hydrogen-bond acceptors (Lipinski definition) is 5. The lowest BCUT2D eigenvalue weighted by Gasteiger charge is -2.16. The molecule has 8 nitrogen and oxygen atoms in total. The van der Waals surface area contributed by atoms with Crippen LogP contribution in [0.25, 0.3) is 10.9 Å². The monoisotopic (exact) mass is 396 g/mol. The Balaban J connectivity index is 1.34. The fourth-order valence-corrected chi connectivity index (χ4v) is 3.38. The summed E-state index contributed by atoms with van der Waals surface area (Å²) >= 11 is 1.55. The summed E-state index contributed by atoms with van der Waals surface area (Å²) in [5.41, 5.74) is 5.55. The quantitative estimate of drug-likeness (QED) is 0.446. The van der Waals surface area contributed by atoms with Crippen LogP contribution in [0.3, 0.4) is 0 Å². The van der Waals surface area contributed by atoms with Gasteiger partial charge >= 0.3 is 6.03 Å². The molecule has 3 N–H and O–H groups in total. The van der Waals surface area contributed by atoms with Crippen LogP contribution in [0.5, 0.6) is 5.75 Å². The van der Waals surface area contributed by atoms with Crippen molar-refractivity contribution in [3.63, 3.8) is 0 Å². The topological polar surface area (TPSA) is 98.9 Å². The van der Waals surface area contributed by atoms with Gasteiger partial charge in [-0.05, 0) is 23.6 Å². The zero-order chi connectivity index (χ0) is 19.3. The summed E-state index contributed by atoms with van der Waals surface area (Å²) in [7, 11) is 1.75. The molecule has 4 aromatic rings. The number of aromatic nitrogens is 4. The number of aromatic amines is 2. The molecule has 0 saturated carbocycles. The van der Waals surface area contributed by atoms with Crippen LogP contribution >= 0.6 is 11.3 Å². The number of amides is 2. The Morgan fingerprint density at radius 1 is 1.36 bits per heavy atom. The molecular formula is C19H20N6O2S. The number of fused-ring (bicyclic) bond motifs is 1. The van der Waals surface area contributed by atoms with Crippen molar-refractivity contribution in [3.05, 3.63) is 64.5 Å². The zero-order valence-electron chi connectivity index (χ0n) is 15.3. The van der Waals surface area contributed by atoms with Crippen LogP contribution in [0, 0.1) is 0 Å². The van der Waals surface area contributed by atoms with E-state index in [1.54, 1.807) is 41.2 Å². The third-order valence-corrected chi connectivity index (χ3v) is 4.91. The molecule has 3 aromatic heterocycles. The van der Waals surface area contributed by atoms with Crippen LogP contribution in [0.15, 0.2) is 47.5 Å². The van der Waals surface area contributed by atoms with E-state index in [2.05, 4.69) is 25.5 Å². The molecule has 0 spiro atoms. The van der Waals surface area contributed by atoms with Crippen LogP contribution in [0.4, 0.5) is 4.79 Å². The lowest BCUT2D eigenvalue weighted by molar-refractivity contribution is 0.206. The van der Waals surface area contributed by atoms with E-state index in [0.29, 0.717) is 19.7 Å². The first-order valence-electron chi connectivity index (χ1n) is 8.75. The van der Waals surface area contributed by atoms with Gasteiger partial charge in [0.05, 0.1) is 30.5 Å². The van der Waals surface area contributed by atoms with Crippen LogP contribution in [0.2, 0.25) is 0 Å². The first-order valence-corrected chi connectivity index (χ1v) is 9.70. The number of benzene rings is 1. The van der Waals surface area contributed by atoms with Gasteiger partial charge in [0.15, 0.2) is 0 Å². The van der Waals surface area contributed by atoms with Crippen LogP contribution in [0.1, 0.15) is 17.0 Å². The van der Waals surface area contributed by atoms with Crippen molar-refractivity contribution in [3.8, 4) is 5.75 Å². The predicted octanol–water partition coefficient (Wildman–Crippen LogP) is 3.27. The molecule has 0 aliphatic rings. The fraction of sp³-hybridized carbons (Fsp3) is 0.211. The number of H-pyrrole nitrogens is 2. The number of hydrogen-bond donors (Lipinski definition) is 3. The minimum absolute atomic E-state index is 0.146. The molecule has 9 heteroatoms. The lowest BCUT2D eigenvalue weighted by Crippen LogP contribution is -2.36. The van der Waals surface area contributed by atoms with E-state index in [4.69, 9.17) is 4.74 Å². The smallest absolute Gasteiger partial charge is 0.317 e. The Labute approximate surface area is 165 Å². The normalized spacial score (nSPS) is 10.9. The first kappa shape index (κ1) is 18.1. The highest BCUT2D eigenvalue weighted by Gasteiger charge is 2.10. The largest absolute Gasteiger partial charge is 0.487 e. The summed E-state index contributed by atoms with van der Waals surface area (Å²) in [6, 6.07) is 7.77. The van der Waals surface area contributed by atoms with E-state index >= 15 is 0 Å². The number of ether oxygens (including phenoxy) is 1. The molecule has 0 aliphatic carbocycles.